The highest BCUT2D eigenvalue weighted by Crippen LogP contribution is 2.29. The SMILES string of the molecule is CC(O)c1cc(Cl)ccc1OCC1CCOCC1. The Morgan fingerprint density at radius 2 is 2.17 bits per heavy atom. The molecule has 3 nitrogen and oxygen atoms in total. The summed E-state index contributed by atoms with van der Waals surface area (Å²) in [6.45, 7) is 4.02. The smallest absolute Gasteiger partial charge is 0.125 e. The molecule has 1 aliphatic heterocycles. The van der Waals surface area contributed by atoms with Gasteiger partial charge in [-0.15, -0.1) is 0 Å². The lowest BCUT2D eigenvalue weighted by Gasteiger charge is -2.23. The minimum atomic E-state index is -0.576. The average molecular weight is 271 g/mol. The number of halogens is 1. The summed E-state index contributed by atoms with van der Waals surface area (Å²) in [4.78, 5) is 0. The van der Waals surface area contributed by atoms with E-state index in [0.717, 1.165) is 37.4 Å². The van der Waals surface area contributed by atoms with E-state index in [4.69, 9.17) is 21.1 Å². The molecule has 0 spiro atoms. The summed E-state index contributed by atoms with van der Waals surface area (Å²) in [5, 5.41) is 10.3. The Balaban J connectivity index is 1.99. The third kappa shape index (κ3) is 3.61. The van der Waals surface area contributed by atoms with Crippen molar-refractivity contribution in [3.63, 3.8) is 0 Å². The van der Waals surface area contributed by atoms with Crippen LogP contribution >= 0.6 is 11.6 Å². The van der Waals surface area contributed by atoms with E-state index in [1.807, 2.05) is 6.07 Å². The maximum atomic E-state index is 9.71. The van der Waals surface area contributed by atoms with Crippen LogP contribution < -0.4 is 4.74 Å². The highest BCUT2D eigenvalue weighted by atomic mass is 35.5. The van der Waals surface area contributed by atoms with E-state index >= 15 is 0 Å². The van der Waals surface area contributed by atoms with Gasteiger partial charge in [-0.25, -0.2) is 0 Å². The van der Waals surface area contributed by atoms with Crippen molar-refractivity contribution in [3.05, 3.63) is 28.8 Å². The molecule has 1 fully saturated rings. The lowest BCUT2D eigenvalue weighted by atomic mass is 10.0. The molecule has 1 saturated heterocycles. The predicted molar refractivity (Wildman–Crippen MR) is 71.1 cm³/mol. The molecule has 1 aromatic rings. The van der Waals surface area contributed by atoms with E-state index in [-0.39, 0.29) is 0 Å². The lowest BCUT2D eigenvalue weighted by Crippen LogP contribution is -2.21. The summed E-state index contributed by atoms with van der Waals surface area (Å²) in [6, 6.07) is 5.36. The molecule has 0 amide bonds. The fraction of sp³-hybridized carbons (Fsp3) is 0.571. The molecule has 1 atom stereocenters. The summed E-state index contributed by atoms with van der Waals surface area (Å²) in [5.41, 5.74) is 0.745. The second-order valence-electron chi connectivity index (χ2n) is 4.72. The van der Waals surface area contributed by atoms with Gasteiger partial charge in [0.15, 0.2) is 0 Å². The Morgan fingerprint density at radius 3 is 2.83 bits per heavy atom. The minimum absolute atomic E-state index is 0.538. The second kappa shape index (κ2) is 6.41. The maximum Gasteiger partial charge on any atom is 0.125 e. The van der Waals surface area contributed by atoms with E-state index in [1.54, 1.807) is 19.1 Å². The predicted octanol–water partition coefficient (Wildman–Crippen LogP) is 3.20. The van der Waals surface area contributed by atoms with Gasteiger partial charge in [-0.3, -0.25) is 0 Å². The zero-order valence-electron chi connectivity index (χ0n) is 10.6. The van der Waals surface area contributed by atoms with E-state index in [1.165, 1.54) is 0 Å². The Labute approximate surface area is 113 Å². The van der Waals surface area contributed by atoms with Gasteiger partial charge in [-0.05, 0) is 43.9 Å². The number of benzene rings is 1. The summed E-state index contributed by atoms with van der Waals surface area (Å²) < 4.78 is 11.1. The molecule has 18 heavy (non-hydrogen) atoms. The molecule has 1 N–H and O–H groups in total. The van der Waals surface area contributed by atoms with Crippen molar-refractivity contribution < 1.29 is 14.6 Å². The number of rotatable bonds is 4. The molecule has 0 aromatic heterocycles. The van der Waals surface area contributed by atoms with Gasteiger partial charge < -0.3 is 14.6 Å². The highest BCUT2D eigenvalue weighted by molar-refractivity contribution is 6.30. The molecule has 0 saturated carbocycles. The van der Waals surface area contributed by atoms with Crippen LogP contribution in [0.3, 0.4) is 0 Å². The summed E-state index contributed by atoms with van der Waals surface area (Å²) in [7, 11) is 0. The van der Waals surface area contributed by atoms with Crippen LogP contribution in [0.1, 0.15) is 31.4 Å². The molecule has 1 aromatic carbocycles. The van der Waals surface area contributed by atoms with Crippen molar-refractivity contribution in [1.29, 1.82) is 0 Å². The minimum Gasteiger partial charge on any atom is -0.493 e. The molecule has 100 valence electrons. The van der Waals surface area contributed by atoms with Crippen LogP contribution in [0.4, 0.5) is 0 Å². The Hall–Kier alpha value is -0.770. The average Bonchev–Trinajstić information content (AvgIpc) is 2.38. The first-order chi connectivity index (χ1) is 8.66. The Morgan fingerprint density at radius 1 is 1.44 bits per heavy atom. The van der Waals surface area contributed by atoms with Crippen molar-refractivity contribution in [2.75, 3.05) is 19.8 Å². The highest BCUT2D eigenvalue weighted by Gasteiger charge is 2.16. The van der Waals surface area contributed by atoms with Crippen molar-refractivity contribution in [3.8, 4) is 5.75 Å². The largest absolute Gasteiger partial charge is 0.493 e. The van der Waals surface area contributed by atoms with Crippen LogP contribution in [0, 0.1) is 5.92 Å². The third-order valence-electron chi connectivity index (χ3n) is 3.24. The standard InChI is InChI=1S/C14H19ClO3/c1-10(16)13-8-12(15)2-3-14(13)18-9-11-4-6-17-7-5-11/h2-3,8,10-11,16H,4-7,9H2,1H3. The first-order valence-electron chi connectivity index (χ1n) is 6.35. The molecule has 4 heteroatoms. The number of aliphatic hydroxyl groups is 1. The molecule has 0 bridgehead atoms. The Kier molecular flexibility index (Phi) is 4.87. The monoisotopic (exact) mass is 270 g/mol. The number of ether oxygens (including phenoxy) is 2. The van der Waals surface area contributed by atoms with Crippen molar-refractivity contribution in [2.24, 2.45) is 5.92 Å². The van der Waals surface area contributed by atoms with Gasteiger partial charge in [0.2, 0.25) is 0 Å². The van der Waals surface area contributed by atoms with Gasteiger partial charge in [-0.1, -0.05) is 11.6 Å². The van der Waals surface area contributed by atoms with E-state index in [2.05, 4.69) is 0 Å². The maximum absolute atomic E-state index is 9.71. The molecule has 1 aliphatic rings. The number of hydrogen-bond donors (Lipinski definition) is 1. The lowest BCUT2D eigenvalue weighted by molar-refractivity contribution is 0.0491. The quantitative estimate of drug-likeness (QED) is 0.913. The van der Waals surface area contributed by atoms with Crippen LogP contribution in [0.2, 0.25) is 5.02 Å². The molecule has 1 unspecified atom stereocenters. The number of aliphatic hydroxyl groups excluding tert-OH is 1. The number of hydrogen-bond acceptors (Lipinski definition) is 3. The first kappa shape index (κ1) is 13.7. The fourth-order valence-electron chi connectivity index (χ4n) is 2.10. The van der Waals surface area contributed by atoms with E-state index in [9.17, 15) is 5.11 Å². The molecule has 0 aliphatic carbocycles. The topological polar surface area (TPSA) is 38.7 Å². The zero-order valence-corrected chi connectivity index (χ0v) is 11.3. The van der Waals surface area contributed by atoms with Crippen LogP contribution in [0.15, 0.2) is 18.2 Å². The fourth-order valence-corrected chi connectivity index (χ4v) is 2.28. The van der Waals surface area contributed by atoms with Crippen LogP contribution in [-0.2, 0) is 4.74 Å². The summed E-state index contributed by atoms with van der Waals surface area (Å²) in [5.74, 6) is 1.26. The Bertz CT molecular complexity index is 387. The van der Waals surface area contributed by atoms with E-state index < -0.39 is 6.10 Å². The van der Waals surface area contributed by atoms with Crippen molar-refractivity contribution in [2.45, 2.75) is 25.9 Å². The van der Waals surface area contributed by atoms with Gasteiger partial charge in [0.05, 0.1) is 12.7 Å². The molecule has 0 radical (unpaired) electrons. The summed E-state index contributed by atoms with van der Waals surface area (Å²) >= 11 is 5.93. The second-order valence-corrected chi connectivity index (χ2v) is 5.16. The van der Waals surface area contributed by atoms with Crippen LogP contribution in [0.25, 0.3) is 0 Å². The van der Waals surface area contributed by atoms with Crippen molar-refractivity contribution >= 4 is 11.6 Å². The first-order valence-corrected chi connectivity index (χ1v) is 6.72. The van der Waals surface area contributed by atoms with Gasteiger partial charge in [-0.2, -0.15) is 0 Å². The molecular weight excluding hydrogens is 252 g/mol. The zero-order chi connectivity index (χ0) is 13.0. The summed E-state index contributed by atoms with van der Waals surface area (Å²) in [6.07, 6.45) is 1.50. The van der Waals surface area contributed by atoms with Gasteiger partial charge >= 0.3 is 0 Å². The van der Waals surface area contributed by atoms with Gasteiger partial charge in [0.1, 0.15) is 5.75 Å². The molecular formula is C14H19ClO3. The van der Waals surface area contributed by atoms with Gasteiger partial charge in [0, 0.05) is 23.8 Å². The third-order valence-corrected chi connectivity index (χ3v) is 3.47. The van der Waals surface area contributed by atoms with Gasteiger partial charge in [0.25, 0.3) is 0 Å². The van der Waals surface area contributed by atoms with Crippen LogP contribution in [0.5, 0.6) is 5.75 Å². The normalized spacial score (nSPS) is 18.6. The molecule has 1 heterocycles. The van der Waals surface area contributed by atoms with Crippen LogP contribution in [-0.4, -0.2) is 24.9 Å². The van der Waals surface area contributed by atoms with Crippen molar-refractivity contribution in [1.82, 2.24) is 0 Å². The van der Waals surface area contributed by atoms with E-state index in [0.29, 0.717) is 17.5 Å². The molecule has 2 rings (SSSR count).